The minimum absolute atomic E-state index is 0.112. The maximum absolute atomic E-state index is 12.9. The van der Waals surface area contributed by atoms with E-state index in [-0.39, 0.29) is 11.2 Å². The van der Waals surface area contributed by atoms with Gasteiger partial charge in [-0.15, -0.1) is 0 Å². The number of aromatic nitrogens is 2. The minimum atomic E-state index is -0.710. The molecule has 1 atom stereocenters. The van der Waals surface area contributed by atoms with Gasteiger partial charge in [0, 0.05) is 48.1 Å². The number of para-hydroxylation sites is 1. The molecular weight excluding hydrogens is 414 g/mol. The number of non-ortho nitro benzene ring substituents is 1. The number of aryl methyl sites for hydroxylation is 1. The Kier molecular flexibility index (Phi) is 5.46. The summed E-state index contributed by atoms with van der Waals surface area (Å²) in [5, 5.41) is 12.0. The molecule has 32 heavy (non-hydrogen) atoms. The summed E-state index contributed by atoms with van der Waals surface area (Å²) in [6.45, 7) is 1.95. The Morgan fingerprint density at radius 3 is 2.53 bits per heavy atom. The van der Waals surface area contributed by atoms with Gasteiger partial charge in [-0.1, -0.05) is 18.2 Å². The molecule has 2 aromatic heterocycles. The summed E-state index contributed by atoms with van der Waals surface area (Å²) in [5.41, 5.74) is 0.904. The highest BCUT2D eigenvalue weighted by molar-refractivity contribution is 5.96. The lowest BCUT2D eigenvalue weighted by molar-refractivity contribution is -0.384. The fourth-order valence-corrected chi connectivity index (χ4v) is 3.59. The van der Waals surface area contributed by atoms with Crippen molar-refractivity contribution in [2.24, 2.45) is 7.05 Å². The van der Waals surface area contributed by atoms with Crippen LogP contribution in [0.3, 0.4) is 0 Å². The maximum atomic E-state index is 12.9. The Balaban J connectivity index is 1.98. The summed E-state index contributed by atoms with van der Waals surface area (Å²) in [5.74, 6) is 0.959. The van der Waals surface area contributed by atoms with Crippen molar-refractivity contribution >= 4 is 23.1 Å². The topological polar surface area (TPSA) is 106 Å². The molecule has 162 valence electrons. The smallest absolute Gasteiger partial charge is 0.295 e. The number of carbonyl (C=O) groups excluding carboxylic acids is 1. The molecule has 0 saturated heterocycles. The SMILES string of the molecule is CC(OC=O)n1ccc2c(-c3cc([N+](=O)[O-])ccc3Oc3ccccc3)cn(C)c(=O)c21. The molecule has 9 heteroatoms. The van der Waals surface area contributed by atoms with Crippen LogP contribution in [0.2, 0.25) is 0 Å². The maximum Gasteiger partial charge on any atom is 0.295 e. The van der Waals surface area contributed by atoms with Crippen molar-refractivity contribution in [1.29, 1.82) is 0 Å². The van der Waals surface area contributed by atoms with E-state index in [1.165, 1.54) is 22.8 Å². The molecular formula is C23H19N3O6. The molecule has 0 aliphatic heterocycles. The van der Waals surface area contributed by atoms with Gasteiger partial charge in [0.25, 0.3) is 17.7 Å². The summed E-state index contributed by atoms with van der Waals surface area (Å²) in [7, 11) is 1.59. The Hall–Kier alpha value is -4.40. The Morgan fingerprint density at radius 2 is 1.84 bits per heavy atom. The molecule has 0 bridgehead atoms. The van der Waals surface area contributed by atoms with Crippen LogP contribution in [-0.2, 0) is 16.6 Å². The summed E-state index contributed by atoms with van der Waals surface area (Å²) < 4.78 is 14.0. The van der Waals surface area contributed by atoms with Crippen LogP contribution < -0.4 is 10.3 Å². The predicted molar refractivity (Wildman–Crippen MR) is 118 cm³/mol. The third kappa shape index (κ3) is 3.71. The van der Waals surface area contributed by atoms with E-state index in [0.29, 0.717) is 40.0 Å². The van der Waals surface area contributed by atoms with Gasteiger partial charge in [-0.3, -0.25) is 19.7 Å². The van der Waals surface area contributed by atoms with E-state index in [1.807, 2.05) is 18.2 Å². The van der Waals surface area contributed by atoms with Crippen LogP contribution in [0, 0.1) is 10.1 Å². The largest absolute Gasteiger partial charge is 0.457 e. The van der Waals surface area contributed by atoms with E-state index in [1.54, 1.807) is 49.1 Å². The fraction of sp³-hybridized carbons (Fsp3) is 0.130. The average Bonchev–Trinajstić information content (AvgIpc) is 3.23. The second-order valence-electron chi connectivity index (χ2n) is 7.13. The van der Waals surface area contributed by atoms with Crippen LogP contribution in [0.1, 0.15) is 13.2 Å². The number of fused-ring (bicyclic) bond motifs is 1. The molecule has 0 aliphatic carbocycles. The molecule has 0 aliphatic rings. The van der Waals surface area contributed by atoms with Crippen molar-refractivity contribution in [3.8, 4) is 22.6 Å². The molecule has 0 radical (unpaired) electrons. The summed E-state index contributed by atoms with van der Waals surface area (Å²) >= 11 is 0. The van der Waals surface area contributed by atoms with Crippen LogP contribution in [0.15, 0.2) is 71.8 Å². The van der Waals surface area contributed by atoms with Gasteiger partial charge in [0.1, 0.15) is 17.0 Å². The lowest BCUT2D eigenvalue weighted by atomic mass is 10.0. The van der Waals surface area contributed by atoms with E-state index in [2.05, 4.69) is 0 Å². The van der Waals surface area contributed by atoms with Crippen molar-refractivity contribution < 1.29 is 19.2 Å². The number of ether oxygens (including phenoxy) is 2. The Bertz CT molecular complexity index is 1370. The van der Waals surface area contributed by atoms with Gasteiger partial charge < -0.3 is 18.6 Å². The van der Waals surface area contributed by atoms with E-state index in [4.69, 9.17) is 9.47 Å². The first-order valence-electron chi connectivity index (χ1n) is 9.71. The van der Waals surface area contributed by atoms with Crippen molar-refractivity contribution in [3.63, 3.8) is 0 Å². The van der Waals surface area contributed by atoms with Crippen molar-refractivity contribution in [2.45, 2.75) is 13.2 Å². The number of hydrogen-bond acceptors (Lipinski definition) is 6. The molecule has 0 spiro atoms. The number of nitro benzene ring substituents is 1. The molecule has 0 N–H and O–H groups in total. The van der Waals surface area contributed by atoms with Crippen LogP contribution >= 0.6 is 0 Å². The standard InChI is InChI=1S/C23H19N3O6/c1-15(31-14-27)25-11-10-18-20(13-24(2)23(28)22(18)25)19-12-16(26(29)30)8-9-21(19)32-17-6-4-3-5-7-17/h3-15H,1-2H3. The fourth-order valence-electron chi connectivity index (χ4n) is 3.59. The van der Waals surface area contributed by atoms with Gasteiger partial charge in [0.15, 0.2) is 6.23 Å². The average molecular weight is 433 g/mol. The molecule has 1 unspecified atom stereocenters. The van der Waals surface area contributed by atoms with Gasteiger partial charge in [-0.25, -0.2) is 0 Å². The van der Waals surface area contributed by atoms with Crippen molar-refractivity contribution in [2.75, 3.05) is 0 Å². The quantitative estimate of drug-likeness (QED) is 0.243. The third-order valence-electron chi connectivity index (χ3n) is 5.13. The van der Waals surface area contributed by atoms with Crippen molar-refractivity contribution in [1.82, 2.24) is 9.13 Å². The number of carbonyl (C=O) groups is 1. The second-order valence-corrected chi connectivity index (χ2v) is 7.13. The van der Waals surface area contributed by atoms with Gasteiger partial charge in [0.2, 0.25) is 0 Å². The van der Waals surface area contributed by atoms with Crippen molar-refractivity contribution in [3.05, 3.63) is 87.5 Å². The molecule has 2 aromatic carbocycles. The Labute approximate surface area is 182 Å². The zero-order valence-corrected chi connectivity index (χ0v) is 17.3. The highest BCUT2D eigenvalue weighted by atomic mass is 16.6. The summed E-state index contributed by atoms with van der Waals surface area (Å²) in [4.78, 5) is 34.7. The number of nitro groups is 1. The molecule has 4 aromatic rings. The summed E-state index contributed by atoms with van der Waals surface area (Å²) in [6, 6.07) is 15.1. The van der Waals surface area contributed by atoms with Gasteiger partial charge in [-0.05, 0) is 31.2 Å². The minimum Gasteiger partial charge on any atom is -0.457 e. The first-order chi connectivity index (χ1) is 15.4. The highest BCUT2D eigenvalue weighted by Crippen LogP contribution is 2.39. The van der Waals surface area contributed by atoms with Crippen LogP contribution in [0.25, 0.3) is 22.0 Å². The molecule has 9 nitrogen and oxygen atoms in total. The monoisotopic (exact) mass is 433 g/mol. The zero-order chi connectivity index (χ0) is 22.8. The van der Waals surface area contributed by atoms with Gasteiger partial charge in [0.05, 0.1) is 4.92 Å². The Morgan fingerprint density at radius 1 is 1.09 bits per heavy atom. The van der Waals surface area contributed by atoms with Crippen LogP contribution in [0.5, 0.6) is 11.5 Å². The molecule has 0 amide bonds. The second kappa shape index (κ2) is 8.38. The predicted octanol–water partition coefficient (Wildman–Crippen LogP) is 4.40. The molecule has 2 heterocycles. The number of hydrogen-bond donors (Lipinski definition) is 0. The first-order valence-corrected chi connectivity index (χ1v) is 9.71. The molecule has 0 saturated carbocycles. The van der Waals surface area contributed by atoms with E-state index < -0.39 is 11.2 Å². The van der Waals surface area contributed by atoms with E-state index in [0.717, 1.165) is 0 Å². The molecule has 0 fully saturated rings. The van der Waals surface area contributed by atoms with E-state index >= 15 is 0 Å². The first kappa shape index (κ1) is 20.9. The number of rotatable bonds is 7. The van der Waals surface area contributed by atoms with Gasteiger partial charge in [-0.2, -0.15) is 0 Å². The lowest BCUT2D eigenvalue weighted by Crippen LogP contribution is -2.21. The third-order valence-corrected chi connectivity index (χ3v) is 5.13. The van der Waals surface area contributed by atoms with E-state index in [9.17, 15) is 19.7 Å². The highest BCUT2D eigenvalue weighted by Gasteiger charge is 2.21. The lowest BCUT2D eigenvalue weighted by Gasteiger charge is -2.16. The number of pyridine rings is 1. The normalized spacial score (nSPS) is 11.8. The van der Waals surface area contributed by atoms with Crippen LogP contribution in [-0.4, -0.2) is 20.5 Å². The zero-order valence-electron chi connectivity index (χ0n) is 17.3. The number of benzene rings is 2. The molecule has 4 rings (SSSR count). The summed E-state index contributed by atoms with van der Waals surface area (Å²) in [6.07, 6.45) is 2.54. The number of nitrogens with zero attached hydrogens (tertiary/aromatic N) is 3. The van der Waals surface area contributed by atoms with Gasteiger partial charge >= 0.3 is 0 Å². The van der Waals surface area contributed by atoms with Crippen LogP contribution in [0.4, 0.5) is 5.69 Å².